The van der Waals surface area contributed by atoms with Crippen molar-refractivity contribution in [1.29, 1.82) is 0 Å². The molecule has 1 heterocycles. The molecule has 6 heteroatoms. The van der Waals surface area contributed by atoms with Gasteiger partial charge in [-0.1, -0.05) is 66.2 Å². The molecular weight excluding hydrogens is 408 g/mol. The number of fused-ring (bicyclic) bond motifs is 1. The molecule has 160 valence electrons. The second-order valence-corrected chi connectivity index (χ2v) is 8.35. The van der Waals surface area contributed by atoms with E-state index in [-0.39, 0.29) is 5.91 Å². The third-order valence-electron chi connectivity index (χ3n) is 5.70. The van der Waals surface area contributed by atoms with Gasteiger partial charge in [-0.25, -0.2) is 5.43 Å². The van der Waals surface area contributed by atoms with Crippen molar-refractivity contribution < 1.29 is 4.79 Å². The molecule has 4 rings (SSSR count). The molecule has 0 aliphatic carbocycles. The number of benzene rings is 3. The van der Waals surface area contributed by atoms with Crippen molar-refractivity contribution in [2.24, 2.45) is 5.10 Å². The standard InChI is InChI=1S/C25H27ClN4O/c1-19(21-11-10-20-6-2-3-7-22(20)16-21)27-28-25(31)18-30-14-12-29(13-15-30)17-23-8-4-5-9-24(23)26/h2-11,16H,12-15,17-18H2,1H3,(H,28,31)/b27-19-. The third-order valence-corrected chi connectivity index (χ3v) is 6.07. The highest BCUT2D eigenvalue weighted by molar-refractivity contribution is 6.31. The predicted molar refractivity (Wildman–Crippen MR) is 127 cm³/mol. The van der Waals surface area contributed by atoms with Crippen LogP contribution < -0.4 is 5.43 Å². The number of hydrazone groups is 1. The Morgan fingerprint density at radius 3 is 2.39 bits per heavy atom. The van der Waals surface area contributed by atoms with Gasteiger partial charge in [0.15, 0.2) is 0 Å². The van der Waals surface area contributed by atoms with E-state index < -0.39 is 0 Å². The highest BCUT2D eigenvalue weighted by Gasteiger charge is 2.19. The van der Waals surface area contributed by atoms with Crippen LogP contribution in [-0.2, 0) is 11.3 Å². The number of rotatable bonds is 6. The first-order valence-corrected chi connectivity index (χ1v) is 11.0. The molecule has 0 bridgehead atoms. The van der Waals surface area contributed by atoms with Crippen molar-refractivity contribution in [2.45, 2.75) is 13.5 Å². The molecule has 3 aromatic carbocycles. The lowest BCUT2D eigenvalue weighted by atomic mass is 10.0. The average molecular weight is 435 g/mol. The number of amides is 1. The largest absolute Gasteiger partial charge is 0.296 e. The van der Waals surface area contributed by atoms with Crippen LogP contribution in [0.4, 0.5) is 0 Å². The zero-order chi connectivity index (χ0) is 21.6. The molecule has 0 atom stereocenters. The maximum Gasteiger partial charge on any atom is 0.254 e. The van der Waals surface area contributed by atoms with Crippen molar-refractivity contribution in [3.05, 3.63) is 82.9 Å². The number of piperazine rings is 1. The van der Waals surface area contributed by atoms with E-state index in [4.69, 9.17) is 11.6 Å². The van der Waals surface area contributed by atoms with Crippen LogP contribution in [0.15, 0.2) is 71.8 Å². The van der Waals surface area contributed by atoms with Crippen LogP contribution >= 0.6 is 11.6 Å². The van der Waals surface area contributed by atoms with E-state index in [1.807, 2.05) is 43.3 Å². The van der Waals surface area contributed by atoms with Gasteiger partial charge >= 0.3 is 0 Å². The molecular formula is C25H27ClN4O. The Balaban J connectivity index is 1.25. The van der Waals surface area contributed by atoms with Gasteiger partial charge in [0.05, 0.1) is 12.3 Å². The van der Waals surface area contributed by atoms with Gasteiger partial charge in [0, 0.05) is 37.7 Å². The number of nitrogens with zero attached hydrogens (tertiary/aromatic N) is 3. The second kappa shape index (κ2) is 10.1. The van der Waals surface area contributed by atoms with Crippen LogP contribution in [0.1, 0.15) is 18.1 Å². The van der Waals surface area contributed by atoms with E-state index in [0.717, 1.165) is 60.0 Å². The summed E-state index contributed by atoms with van der Waals surface area (Å²) < 4.78 is 0. The van der Waals surface area contributed by atoms with E-state index in [1.165, 1.54) is 5.39 Å². The van der Waals surface area contributed by atoms with Gasteiger partial charge in [0.2, 0.25) is 0 Å². The molecule has 31 heavy (non-hydrogen) atoms. The van der Waals surface area contributed by atoms with Crippen molar-refractivity contribution in [3.63, 3.8) is 0 Å². The summed E-state index contributed by atoms with van der Waals surface area (Å²) in [5.41, 5.74) is 5.66. The zero-order valence-electron chi connectivity index (χ0n) is 17.7. The Bertz CT molecular complexity index is 1090. The topological polar surface area (TPSA) is 47.9 Å². The van der Waals surface area contributed by atoms with Crippen LogP contribution in [0.2, 0.25) is 5.02 Å². The summed E-state index contributed by atoms with van der Waals surface area (Å²) in [6, 6.07) is 22.4. The smallest absolute Gasteiger partial charge is 0.254 e. The summed E-state index contributed by atoms with van der Waals surface area (Å²) in [4.78, 5) is 16.9. The summed E-state index contributed by atoms with van der Waals surface area (Å²) in [6.07, 6.45) is 0. The minimum atomic E-state index is -0.0836. The fourth-order valence-corrected chi connectivity index (χ4v) is 4.03. The van der Waals surface area contributed by atoms with Gasteiger partial charge in [0.1, 0.15) is 0 Å². The molecule has 1 amide bonds. The molecule has 0 saturated carbocycles. The summed E-state index contributed by atoms with van der Waals surface area (Å²) in [5, 5.41) is 7.48. The molecule has 1 aliphatic heterocycles. The number of halogens is 1. The van der Waals surface area contributed by atoms with E-state index in [2.05, 4.69) is 50.7 Å². The fraction of sp³-hybridized carbons (Fsp3) is 0.280. The van der Waals surface area contributed by atoms with Gasteiger partial charge in [-0.3, -0.25) is 14.6 Å². The minimum Gasteiger partial charge on any atom is -0.296 e. The van der Waals surface area contributed by atoms with Crippen molar-refractivity contribution in [3.8, 4) is 0 Å². The van der Waals surface area contributed by atoms with Gasteiger partial charge < -0.3 is 0 Å². The van der Waals surface area contributed by atoms with Crippen molar-refractivity contribution in [1.82, 2.24) is 15.2 Å². The van der Waals surface area contributed by atoms with E-state index in [0.29, 0.717) is 6.54 Å². The number of hydrogen-bond acceptors (Lipinski definition) is 4. The highest BCUT2D eigenvalue weighted by Crippen LogP contribution is 2.18. The normalized spacial score (nSPS) is 15.9. The molecule has 1 fully saturated rings. The maximum atomic E-state index is 12.4. The molecule has 5 nitrogen and oxygen atoms in total. The van der Waals surface area contributed by atoms with Gasteiger partial charge in [0.25, 0.3) is 5.91 Å². The van der Waals surface area contributed by atoms with Gasteiger partial charge in [-0.15, -0.1) is 0 Å². The molecule has 3 aromatic rings. The number of carbonyl (C=O) groups excluding carboxylic acids is 1. The van der Waals surface area contributed by atoms with Crippen LogP contribution in [-0.4, -0.2) is 54.1 Å². The van der Waals surface area contributed by atoms with Crippen LogP contribution in [0, 0.1) is 0 Å². The minimum absolute atomic E-state index is 0.0836. The first-order valence-electron chi connectivity index (χ1n) is 10.6. The Hall–Kier alpha value is -2.73. The monoisotopic (exact) mass is 434 g/mol. The molecule has 0 radical (unpaired) electrons. The second-order valence-electron chi connectivity index (χ2n) is 7.94. The Labute approximate surface area is 188 Å². The zero-order valence-corrected chi connectivity index (χ0v) is 18.5. The quantitative estimate of drug-likeness (QED) is 0.468. The van der Waals surface area contributed by atoms with Crippen LogP contribution in [0.3, 0.4) is 0 Å². The van der Waals surface area contributed by atoms with Crippen LogP contribution in [0.5, 0.6) is 0 Å². The van der Waals surface area contributed by atoms with E-state index in [1.54, 1.807) is 0 Å². The van der Waals surface area contributed by atoms with Crippen LogP contribution in [0.25, 0.3) is 10.8 Å². The summed E-state index contributed by atoms with van der Waals surface area (Å²) in [6.45, 7) is 6.65. The first kappa shape index (κ1) is 21.5. The summed E-state index contributed by atoms with van der Waals surface area (Å²) >= 11 is 6.27. The number of nitrogens with one attached hydrogen (secondary N) is 1. The SMILES string of the molecule is C/C(=N/NC(=O)CN1CCN(Cc2ccccc2Cl)CC1)c1ccc2ccccc2c1. The van der Waals surface area contributed by atoms with Gasteiger partial charge in [-0.05, 0) is 41.0 Å². The lowest BCUT2D eigenvalue weighted by Gasteiger charge is -2.34. The van der Waals surface area contributed by atoms with Gasteiger partial charge in [-0.2, -0.15) is 5.10 Å². The predicted octanol–water partition coefficient (Wildman–Crippen LogP) is 4.15. The number of hydrogen-bond donors (Lipinski definition) is 1. The Kier molecular flexibility index (Phi) is 6.97. The lowest BCUT2D eigenvalue weighted by Crippen LogP contribution is -2.48. The molecule has 0 spiro atoms. The maximum absolute atomic E-state index is 12.4. The van der Waals surface area contributed by atoms with E-state index >= 15 is 0 Å². The average Bonchev–Trinajstić information content (AvgIpc) is 2.80. The highest BCUT2D eigenvalue weighted by atomic mass is 35.5. The molecule has 0 aromatic heterocycles. The third kappa shape index (κ3) is 5.70. The summed E-state index contributed by atoms with van der Waals surface area (Å²) in [7, 11) is 0. The molecule has 0 unspecified atom stereocenters. The lowest BCUT2D eigenvalue weighted by molar-refractivity contribution is -0.122. The van der Waals surface area contributed by atoms with E-state index in [9.17, 15) is 4.79 Å². The van der Waals surface area contributed by atoms with Crippen molar-refractivity contribution >= 4 is 34.0 Å². The van der Waals surface area contributed by atoms with Crippen molar-refractivity contribution in [2.75, 3.05) is 32.7 Å². The first-order chi connectivity index (χ1) is 15.1. The summed E-state index contributed by atoms with van der Waals surface area (Å²) in [5.74, 6) is -0.0836. The fourth-order valence-electron chi connectivity index (χ4n) is 3.84. The molecule has 1 N–H and O–H groups in total. The Morgan fingerprint density at radius 2 is 1.61 bits per heavy atom. The molecule has 1 aliphatic rings. The number of carbonyl (C=O) groups is 1. The Morgan fingerprint density at radius 1 is 0.935 bits per heavy atom. The molecule has 1 saturated heterocycles.